The molecule has 0 unspecified atom stereocenters. The minimum absolute atomic E-state index is 1.14. The van der Waals surface area contributed by atoms with Gasteiger partial charge in [-0.3, -0.25) is 0 Å². The third-order valence-electron chi connectivity index (χ3n) is 10.8. The van der Waals surface area contributed by atoms with Crippen molar-refractivity contribution in [2.75, 3.05) is 0 Å². The first-order chi connectivity index (χ1) is 26.3. The molecule has 3 aromatic heterocycles. The lowest BCUT2D eigenvalue weighted by Crippen LogP contribution is -1.97. The molecular weight excluding hydrogens is 643 g/mol. The first kappa shape index (κ1) is 29.6. The smallest absolute Gasteiger partial charge is 0.0804 e. The quantitative estimate of drug-likeness (QED) is 0.172. The lowest BCUT2D eigenvalue weighted by Gasteiger charge is -2.14. The van der Waals surface area contributed by atoms with E-state index in [-0.39, 0.29) is 0 Å². The van der Waals surface area contributed by atoms with Gasteiger partial charge in [0.15, 0.2) is 0 Å². The first-order valence-corrected chi connectivity index (χ1v) is 18.2. The van der Waals surface area contributed by atoms with Gasteiger partial charge in [-0.1, -0.05) is 133 Å². The van der Waals surface area contributed by atoms with E-state index in [2.05, 4.69) is 214 Å². The summed E-state index contributed by atoms with van der Waals surface area (Å²) >= 11 is 0. The van der Waals surface area contributed by atoms with Gasteiger partial charge >= 0.3 is 0 Å². The van der Waals surface area contributed by atoms with Crippen molar-refractivity contribution in [1.82, 2.24) is 13.7 Å². The van der Waals surface area contributed by atoms with Crippen molar-refractivity contribution in [3.63, 3.8) is 0 Å². The van der Waals surface area contributed by atoms with Gasteiger partial charge in [0.2, 0.25) is 0 Å². The van der Waals surface area contributed by atoms with E-state index in [1.54, 1.807) is 0 Å². The Morgan fingerprint density at radius 1 is 0.226 bits per heavy atom. The largest absolute Gasteiger partial charge is 0.309 e. The van der Waals surface area contributed by atoms with Gasteiger partial charge in [-0.15, -0.1) is 0 Å². The van der Waals surface area contributed by atoms with E-state index in [1.165, 1.54) is 76.9 Å². The molecule has 53 heavy (non-hydrogen) atoms. The molecule has 3 heterocycles. The number of hydrogen-bond donors (Lipinski definition) is 0. The van der Waals surface area contributed by atoms with Gasteiger partial charge < -0.3 is 13.7 Å². The van der Waals surface area contributed by atoms with Crippen LogP contribution in [0.3, 0.4) is 0 Å². The molecule has 0 aliphatic carbocycles. The molecule has 0 atom stereocenters. The van der Waals surface area contributed by atoms with Crippen LogP contribution in [0.1, 0.15) is 0 Å². The maximum atomic E-state index is 2.48. The fourth-order valence-electron chi connectivity index (χ4n) is 8.50. The summed E-state index contributed by atoms with van der Waals surface area (Å²) in [5.74, 6) is 0. The lowest BCUT2D eigenvalue weighted by atomic mass is 9.98. The van der Waals surface area contributed by atoms with Crippen LogP contribution in [0.15, 0.2) is 200 Å². The standard InChI is InChI=1S/C50H33N3/c1-5-17-34(18-6-1)36-29-37(35-19-7-2-8-20-35)31-40(30-36)51-45-27-15-13-25-41(45)43-32-48-44(33-47(43)51)50-49(53(48)39-23-11-4-12-24-39)42-26-14-16-28-46(42)52(50)38-21-9-3-10-22-38/h1-33H. The van der Waals surface area contributed by atoms with Crippen molar-refractivity contribution in [1.29, 1.82) is 0 Å². The van der Waals surface area contributed by atoms with Gasteiger partial charge in [-0.2, -0.15) is 0 Å². The van der Waals surface area contributed by atoms with Crippen LogP contribution in [0.25, 0.3) is 94.0 Å². The number of nitrogens with zero attached hydrogens (tertiary/aromatic N) is 3. The number of benzene rings is 8. The fourth-order valence-corrected chi connectivity index (χ4v) is 8.50. The SMILES string of the molecule is c1ccc(-c2cc(-c3ccccc3)cc(-n3c4ccccc4c4cc5c(cc43)c3c(c4ccccc4n3-c3ccccc3)n5-c3ccccc3)c2)cc1. The zero-order valence-electron chi connectivity index (χ0n) is 28.9. The maximum Gasteiger partial charge on any atom is 0.0804 e. The summed E-state index contributed by atoms with van der Waals surface area (Å²) in [4.78, 5) is 0. The average molecular weight is 676 g/mol. The van der Waals surface area contributed by atoms with Crippen LogP contribution in [0.5, 0.6) is 0 Å². The van der Waals surface area contributed by atoms with E-state index in [1.807, 2.05) is 0 Å². The van der Waals surface area contributed by atoms with Gasteiger partial charge in [0, 0.05) is 38.6 Å². The van der Waals surface area contributed by atoms with E-state index in [0.29, 0.717) is 0 Å². The topological polar surface area (TPSA) is 14.8 Å². The Morgan fingerprint density at radius 2 is 0.642 bits per heavy atom. The molecule has 3 heteroatoms. The lowest BCUT2D eigenvalue weighted by molar-refractivity contribution is 1.17. The molecule has 0 saturated carbocycles. The summed E-state index contributed by atoms with van der Waals surface area (Å²) in [6.45, 7) is 0. The predicted molar refractivity (Wildman–Crippen MR) is 223 cm³/mol. The second-order valence-electron chi connectivity index (χ2n) is 13.8. The molecule has 0 aliphatic heterocycles. The van der Waals surface area contributed by atoms with Gasteiger partial charge in [0.1, 0.15) is 0 Å². The highest BCUT2D eigenvalue weighted by atomic mass is 15.1. The Balaban J connectivity index is 1.31. The Kier molecular flexibility index (Phi) is 6.55. The highest BCUT2D eigenvalue weighted by molar-refractivity contribution is 6.24. The van der Waals surface area contributed by atoms with Crippen molar-refractivity contribution in [2.24, 2.45) is 0 Å². The summed E-state index contributed by atoms with van der Waals surface area (Å²) in [5, 5.41) is 4.90. The van der Waals surface area contributed by atoms with Crippen molar-refractivity contribution in [2.45, 2.75) is 0 Å². The number of rotatable bonds is 5. The summed E-state index contributed by atoms with van der Waals surface area (Å²) in [5.41, 5.74) is 15.4. The van der Waals surface area contributed by atoms with Crippen LogP contribution >= 0.6 is 0 Å². The minimum atomic E-state index is 1.14. The monoisotopic (exact) mass is 675 g/mol. The third-order valence-corrected chi connectivity index (χ3v) is 10.8. The van der Waals surface area contributed by atoms with E-state index < -0.39 is 0 Å². The molecule has 8 aromatic carbocycles. The molecule has 0 N–H and O–H groups in total. The normalized spacial score (nSPS) is 11.8. The van der Waals surface area contributed by atoms with E-state index in [4.69, 9.17) is 0 Å². The Bertz CT molecular complexity index is 3070. The van der Waals surface area contributed by atoms with Crippen molar-refractivity contribution in [3.8, 4) is 39.3 Å². The molecule has 0 bridgehead atoms. The molecule has 0 spiro atoms. The molecule has 3 nitrogen and oxygen atoms in total. The molecule has 11 aromatic rings. The average Bonchev–Trinajstić information content (AvgIpc) is 3.86. The van der Waals surface area contributed by atoms with Crippen LogP contribution in [0, 0.1) is 0 Å². The number of hydrogen-bond acceptors (Lipinski definition) is 0. The van der Waals surface area contributed by atoms with E-state index >= 15 is 0 Å². The molecule has 11 rings (SSSR count). The summed E-state index contributed by atoms with van der Waals surface area (Å²) in [6, 6.07) is 72.6. The zero-order valence-corrected chi connectivity index (χ0v) is 28.9. The van der Waals surface area contributed by atoms with Crippen LogP contribution in [-0.2, 0) is 0 Å². The summed E-state index contributed by atoms with van der Waals surface area (Å²) in [6.07, 6.45) is 0. The first-order valence-electron chi connectivity index (χ1n) is 18.2. The van der Waals surface area contributed by atoms with Crippen molar-refractivity contribution >= 4 is 54.6 Å². The second-order valence-corrected chi connectivity index (χ2v) is 13.8. The van der Waals surface area contributed by atoms with Gasteiger partial charge in [0.25, 0.3) is 0 Å². The van der Waals surface area contributed by atoms with E-state index in [0.717, 1.165) is 17.1 Å². The maximum absolute atomic E-state index is 2.48. The molecule has 0 radical (unpaired) electrons. The molecular formula is C50H33N3. The molecule has 0 aliphatic rings. The van der Waals surface area contributed by atoms with E-state index in [9.17, 15) is 0 Å². The highest BCUT2D eigenvalue weighted by Gasteiger charge is 2.24. The number of para-hydroxylation sites is 4. The third kappa shape index (κ3) is 4.54. The highest BCUT2D eigenvalue weighted by Crippen LogP contribution is 2.44. The van der Waals surface area contributed by atoms with Crippen LogP contribution in [0.2, 0.25) is 0 Å². The van der Waals surface area contributed by atoms with Gasteiger partial charge in [-0.05, 0) is 89.0 Å². The van der Waals surface area contributed by atoms with Crippen LogP contribution < -0.4 is 0 Å². The number of aromatic nitrogens is 3. The molecule has 0 fully saturated rings. The summed E-state index contributed by atoms with van der Waals surface area (Å²) < 4.78 is 7.40. The Labute approximate surface area is 306 Å². The fraction of sp³-hybridized carbons (Fsp3) is 0. The minimum Gasteiger partial charge on any atom is -0.309 e. The second kappa shape index (κ2) is 11.7. The van der Waals surface area contributed by atoms with Crippen molar-refractivity contribution < 1.29 is 0 Å². The van der Waals surface area contributed by atoms with Crippen molar-refractivity contribution in [3.05, 3.63) is 200 Å². The van der Waals surface area contributed by atoms with Gasteiger partial charge in [0.05, 0.1) is 33.1 Å². The Morgan fingerprint density at radius 3 is 1.23 bits per heavy atom. The summed E-state index contributed by atoms with van der Waals surface area (Å²) in [7, 11) is 0. The van der Waals surface area contributed by atoms with Crippen LogP contribution in [0.4, 0.5) is 0 Å². The Hall–Kier alpha value is -7.10. The predicted octanol–water partition coefficient (Wildman–Crippen LogP) is 13.2. The zero-order chi connectivity index (χ0) is 34.9. The van der Waals surface area contributed by atoms with Gasteiger partial charge in [-0.25, -0.2) is 0 Å². The molecule has 0 saturated heterocycles. The van der Waals surface area contributed by atoms with Crippen LogP contribution in [-0.4, -0.2) is 13.7 Å². The number of fused-ring (bicyclic) bond motifs is 8. The molecule has 248 valence electrons. The molecule has 0 amide bonds.